The van der Waals surface area contributed by atoms with Crippen molar-refractivity contribution in [1.82, 2.24) is 4.98 Å². The van der Waals surface area contributed by atoms with E-state index < -0.39 is 6.10 Å². The minimum atomic E-state index is -0.558. The minimum Gasteiger partial charge on any atom is -0.393 e. The molecule has 4 heteroatoms. The van der Waals surface area contributed by atoms with Crippen molar-refractivity contribution in [2.75, 3.05) is 0 Å². The van der Waals surface area contributed by atoms with Crippen molar-refractivity contribution >= 4 is 15.9 Å². The van der Waals surface area contributed by atoms with Gasteiger partial charge < -0.3 is 5.11 Å². The van der Waals surface area contributed by atoms with Gasteiger partial charge in [0.1, 0.15) is 5.82 Å². The van der Waals surface area contributed by atoms with Gasteiger partial charge in [-0.1, -0.05) is 28.1 Å². The maximum Gasteiger partial charge on any atom is 0.127 e. The number of halogens is 2. The Morgan fingerprint density at radius 1 is 1.26 bits per heavy atom. The zero-order valence-corrected chi connectivity index (χ0v) is 12.0. The number of rotatable bonds is 5. The summed E-state index contributed by atoms with van der Waals surface area (Å²) in [6, 6.07) is 10.6. The Morgan fingerprint density at radius 2 is 2.11 bits per heavy atom. The Kier molecular flexibility index (Phi) is 5.05. The smallest absolute Gasteiger partial charge is 0.127 e. The topological polar surface area (TPSA) is 33.1 Å². The van der Waals surface area contributed by atoms with E-state index in [1.54, 1.807) is 18.3 Å². The largest absolute Gasteiger partial charge is 0.393 e. The van der Waals surface area contributed by atoms with Gasteiger partial charge in [0.25, 0.3) is 0 Å². The van der Waals surface area contributed by atoms with Crippen LogP contribution in [0.3, 0.4) is 0 Å². The van der Waals surface area contributed by atoms with E-state index in [1.165, 1.54) is 6.07 Å². The van der Waals surface area contributed by atoms with E-state index in [0.29, 0.717) is 29.3 Å². The first-order valence-electron chi connectivity index (χ1n) is 6.17. The van der Waals surface area contributed by atoms with Gasteiger partial charge in [0.2, 0.25) is 0 Å². The second-order valence-corrected chi connectivity index (χ2v) is 5.37. The molecule has 19 heavy (non-hydrogen) atoms. The van der Waals surface area contributed by atoms with E-state index in [1.807, 2.05) is 18.2 Å². The molecule has 0 amide bonds. The minimum absolute atomic E-state index is 0.286. The van der Waals surface area contributed by atoms with Crippen molar-refractivity contribution in [1.29, 1.82) is 0 Å². The van der Waals surface area contributed by atoms with Crippen LogP contribution >= 0.6 is 15.9 Å². The van der Waals surface area contributed by atoms with Crippen LogP contribution in [0.5, 0.6) is 0 Å². The summed E-state index contributed by atoms with van der Waals surface area (Å²) in [5, 5.41) is 9.95. The van der Waals surface area contributed by atoms with Gasteiger partial charge in [0.05, 0.1) is 6.10 Å². The third-order valence-electron chi connectivity index (χ3n) is 2.93. The van der Waals surface area contributed by atoms with E-state index in [0.717, 1.165) is 5.69 Å². The summed E-state index contributed by atoms with van der Waals surface area (Å²) in [6.45, 7) is 0. The van der Waals surface area contributed by atoms with Gasteiger partial charge in [-0.3, -0.25) is 4.98 Å². The standard InChI is InChI=1S/C15H15BrFNO/c16-12-5-4-11(15(17)10-12)9-14(19)7-6-13-3-1-2-8-18-13/h1-5,8,10,14,19H,6-7,9H2. The molecule has 0 aliphatic carbocycles. The maximum atomic E-state index is 13.6. The van der Waals surface area contributed by atoms with Gasteiger partial charge in [-0.05, 0) is 42.7 Å². The Morgan fingerprint density at radius 3 is 2.79 bits per heavy atom. The lowest BCUT2D eigenvalue weighted by Crippen LogP contribution is -2.13. The molecule has 1 heterocycles. The molecule has 100 valence electrons. The molecular weight excluding hydrogens is 309 g/mol. The molecule has 0 aliphatic rings. The van der Waals surface area contributed by atoms with Crippen LogP contribution in [-0.4, -0.2) is 16.2 Å². The van der Waals surface area contributed by atoms with Crippen LogP contribution in [0.2, 0.25) is 0 Å². The lowest BCUT2D eigenvalue weighted by atomic mass is 10.0. The fourth-order valence-corrected chi connectivity index (χ4v) is 2.24. The summed E-state index contributed by atoms with van der Waals surface area (Å²) in [5.41, 5.74) is 1.48. The van der Waals surface area contributed by atoms with Crippen molar-refractivity contribution in [3.8, 4) is 0 Å². The van der Waals surface area contributed by atoms with Gasteiger partial charge >= 0.3 is 0 Å². The Labute approximate surface area is 120 Å². The average Bonchev–Trinajstić information content (AvgIpc) is 2.41. The average molecular weight is 324 g/mol. The molecule has 0 spiro atoms. The highest BCUT2D eigenvalue weighted by Crippen LogP contribution is 2.17. The molecule has 1 N–H and O–H groups in total. The fourth-order valence-electron chi connectivity index (χ4n) is 1.90. The normalized spacial score (nSPS) is 12.4. The summed E-state index contributed by atoms with van der Waals surface area (Å²) < 4.78 is 14.3. The summed E-state index contributed by atoms with van der Waals surface area (Å²) in [5.74, 6) is -0.286. The quantitative estimate of drug-likeness (QED) is 0.913. The summed E-state index contributed by atoms with van der Waals surface area (Å²) >= 11 is 3.21. The third kappa shape index (κ3) is 4.40. The molecule has 0 saturated heterocycles. The van der Waals surface area contributed by atoms with Gasteiger partial charge in [0, 0.05) is 22.8 Å². The number of aliphatic hydroxyl groups excluding tert-OH is 1. The summed E-state index contributed by atoms with van der Waals surface area (Å²) in [7, 11) is 0. The molecule has 2 aromatic rings. The predicted octanol–water partition coefficient (Wildman–Crippen LogP) is 3.52. The van der Waals surface area contributed by atoms with Crippen LogP contribution in [0.4, 0.5) is 4.39 Å². The van der Waals surface area contributed by atoms with E-state index >= 15 is 0 Å². The highest BCUT2D eigenvalue weighted by atomic mass is 79.9. The third-order valence-corrected chi connectivity index (χ3v) is 3.42. The fraction of sp³-hybridized carbons (Fsp3) is 0.267. The van der Waals surface area contributed by atoms with Gasteiger partial charge in [-0.2, -0.15) is 0 Å². The highest BCUT2D eigenvalue weighted by Gasteiger charge is 2.10. The molecule has 2 rings (SSSR count). The number of nitrogens with zero attached hydrogens (tertiary/aromatic N) is 1. The maximum absolute atomic E-state index is 13.6. The summed E-state index contributed by atoms with van der Waals surface area (Å²) in [6.07, 6.45) is 2.77. The van der Waals surface area contributed by atoms with E-state index in [4.69, 9.17) is 0 Å². The Hall–Kier alpha value is -1.26. The summed E-state index contributed by atoms with van der Waals surface area (Å²) in [4.78, 5) is 4.20. The first-order chi connectivity index (χ1) is 9.15. The van der Waals surface area contributed by atoms with E-state index in [2.05, 4.69) is 20.9 Å². The Bertz CT molecular complexity index is 533. The molecule has 0 bridgehead atoms. The molecule has 1 aromatic heterocycles. The van der Waals surface area contributed by atoms with Crippen molar-refractivity contribution in [2.45, 2.75) is 25.4 Å². The number of aromatic nitrogens is 1. The van der Waals surface area contributed by atoms with Crippen molar-refractivity contribution in [2.24, 2.45) is 0 Å². The van der Waals surface area contributed by atoms with Gasteiger partial charge in [-0.15, -0.1) is 0 Å². The molecule has 0 aliphatic heterocycles. The monoisotopic (exact) mass is 323 g/mol. The molecule has 1 unspecified atom stereocenters. The van der Waals surface area contributed by atoms with Crippen LogP contribution in [0.25, 0.3) is 0 Å². The number of pyridine rings is 1. The van der Waals surface area contributed by atoms with Crippen LogP contribution < -0.4 is 0 Å². The molecule has 1 atom stereocenters. The Balaban J connectivity index is 1.89. The lowest BCUT2D eigenvalue weighted by Gasteiger charge is -2.11. The van der Waals surface area contributed by atoms with Crippen LogP contribution in [0.1, 0.15) is 17.7 Å². The molecule has 1 aromatic carbocycles. The van der Waals surface area contributed by atoms with Crippen molar-refractivity contribution < 1.29 is 9.50 Å². The number of aliphatic hydroxyl groups is 1. The lowest BCUT2D eigenvalue weighted by molar-refractivity contribution is 0.163. The first-order valence-corrected chi connectivity index (χ1v) is 6.96. The van der Waals surface area contributed by atoms with Crippen LogP contribution in [-0.2, 0) is 12.8 Å². The zero-order chi connectivity index (χ0) is 13.7. The molecule has 0 saturated carbocycles. The van der Waals surface area contributed by atoms with Crippen molar-refractivity contribution in [3.63, 3.8) is 0 Å². The second kappa shape index (κ2) is 6.78. The van der Waals surface area contributed by atoms with E-state index in [9.17, 15) is 9.50 Å². The van der Waals surface area contributed by atoms with Crippen LogP contribution in [0, 0.1) is 5.82 Å². The van der Waals surface area contributed by atoms with E-state index in [-0.39, 0.29) is 5.82 Å². The molecular formula is C15H15BrFNO. The second-order valence-electron chi connectivity index (χ2n) is 4.45. The highest BCUT2D eigenvalue weighted by molar-refractivity contribution is 9.10. The number of hydrogen-bond acceptors (Lipinski definition) is 2. The predicted molar refractivity (Wildman–Crippen MR) is 76.4 cm³/mol. The van der Waals surface area contributed by atoms with Crippen molar-refractivity contribution in [3.05, 3.63) is 64.1 Å². The number of hydrogen-bond donors (Lipinski definition) is 1. The van der Waals surface area contributed by atoms with Gasteiger partial charge in [0.15, 0.2) is 0 Å². The molecule has 0 radical (unpaired) electrons. The van der Waals surface area contributed by atoms with Gasteiger partial charge in [-0.25, -0.2) is 4.39 Å². The number of benzene rings is 1. The SMILES string of the molecule is OC(CCc1ccccn1)Cc1ccc(Br)cc1F. The molecule has 0 fully saturated rings. The van der Waals surface area contributed by atoms with Crippen LogP contribution in [0.15, 0.2) is 47.1 Å². The first kappa shape index (κ1) is 14.2. The molecule has 2 nitrogen and oxygen atoms in total. The zero-order valence-electron chi connectivity index (χ0n) is 10.4. The number of aryl methyl sites for hydroxylation is 1.